The zero-order valence-corrected chi connectivity index (χ0v) is 65.8. The predicted octanol–water partition coefficient (Wildman–Crippen LogP) is 0.116. The number of aliphatic hydroxyl groups is 3. The second-order valence-corrected chi connectivity index (χ2v) is 33.4. The number of amides is 7. The molecule has 7 aliphatic heterocycles. The van der Waals surface area contributed by atoms with Gasteiger partial charge in [0.1, 0.15) is 42.0 Å². The summed E-state index contributed by atoms with van der Waals surface area (Å²) in [5.41, 5.74) is 40.0. The van der Waals surface area contributed by atoms with E-state index in [2.05, 4.69) is 36.7 Å². The maximum atomic E-state index is 14.4. The summed E-state index contributed by atoms with van der Waals surface area (Å²) in [6, 6.07) is 2.92. The number of phenolic OH excluding ortho intramolecular Hbond substituents is 1. The Labute approximate surface area is 653 Å². The Morgan fingerprint density at radius 1 is 0.741 bits per heavy atom. The molecule has 19 N–H and O–H groups in total. The molecule has 11 rings (SSSR count). The first kappa shape index (κ1) is 87.6. The average Bonchev–Trinajstić information content (AvgIpc) is 1.52. The molecular weight excluding hydrogens is 1550 g/mol. The number of allylic oxidation sites excluding steroid dienone is 6. The molecule has 3 aromatic heterocycles. The number of nitrogens with zero attached hydrogens (tertiary/aromatic N) is 10. The molecule has 1 radical (unpaired) electrons. The molecule has 4 aromatic rings. The van der Waals surface area contributed by atoms with E-state index in [1.165, 1.54) is 53.2 Å². The van der Waals surface area contributed by atoms with Gasteiger partial charge in [-0.15, -0.1) is 0 Å². The average molecular weight is 1650 g/mol. The van der Waals surface area contributed by atoms with Crippen molar-refractivity contribution in [2.45, 2.75) is 200 Å². The molecule has 1 unspecified atom stereocenters. The number of aromatic nitrogens is 6. The molecule has 1 aromatic carbocycles. The number of imidazole rings is 2. The van der Waals surface area contributed by atoms with Crippen LogP contribution in [0.2, 0.25) is 0 Å². The van der Waals surface area contributed by atoms with E-state index < -0.39 is 182 Å². The van der Waals surface area contributed by atoms with Crippen molar-refractivity contribution in [3.8, 4) is 5.75 Å². The standard InChI is InChI=1S/C60H87N13O18P2.C10H12N5O3.Co/c1-28(90-93(86,87)91-51-39(26-88-92(83,84)85)89-55(50(51)82)73-27-68-37-20-31(74)10-14-38(37)73)25-67-47(81)18-19-57(6)35(21-44(64)78)54-60(9)59(8,24-46(66)80)34(13-17-43(63)77)49(72-60)30(3)53-58(7,23-45(65)79)32(11-15-41(61)75)36(69-53)22-40-56(4,5)33(12-16-42(62)76)48(70-40)29(2)52(57)71-54;1-4-6(16)7(17)10(18-4)15-3-14-5-8(11)12-2-13-9(5)15;/h10,14,20,22,27-28,32-35,39,50-51,54-55,82H,11-13,15-19,21,23-26H2,1-9H3,(H18,61,62,63,64,65,66,67,69,70,71,72,74,75,76,77,78,79,80,81,83,84,85,86,87);2-4,6-7,10,16-17H,1H2,(H2,11,12,13);/q;-1;/p-4/t28-,32-,33-,34-,35+,39-,50-,51-,54-,55+,57-,58+,59+,60+;4-,6-,7-,10-;/m11./s1. The molecule has 0 saturated carbocycles. The molecule has 8 bridgehead atoms. The van der Waals surface area contributed by atoms with Crippen LogP contribution in [0.1, 0.15) is 145 Å². The third kappa shape index (κ3) is 17.5. The number of fused-ring (bicyclic) bond motifs is 8. The number of carbonyl (C=O) groups excluding carboxylic acids is 7. The number of ether oxygens (including phenoxy) is 2. The van der Waals surface area contributed by atoms with Crippen LogP contribution in [0, 0.1) is 52.3 Å². The van der Waals surface area contributed by atoms with Gasteiger partial charge in [0, 0.05) is 131 Å². The van der Waals surface area contributed by atoms with Crippen LogP contribution >= 0.6 is 15.6 Å². The fourth-order valence-corrected chi connectivity index (χ4v) is 18.7. The third-order valence-electron chi connectivity index (χ3n) is 23.1. The van der Waals surface area contributed by atoms with Gasteiger partial charge in [-0.1, -0.05) is 40.7 Å². The number of hydrogen-bond donors (Lipinski definition) is 12. The number of hydrogen-bond acceptors (Lipinski definition) is 29. The summed E-state index contributed by atoms with van der Waals surface area (Å²) in [5.74, 6) is -7.71. The number of primary amides is 6. The zero-order chi connectivity index (χ0) is 81.9. The number of carbonyl (C=O) groups is 7. The summed E-state index contributed by atoms with van der Waals surface area (Å²) < 4.78 is 54.2. The number of anilines is 1. The number of nitrogen functional groups attached to an aromatic ring is 1. The van der Waals surface area contributed by atoms with Crippen LogP contribution in [0.4, 0.5) is 5.82 Å². The first-order valence-electron chi connectivity index (χ1n) is 35.9. The number of nitrogens with one attached hydrogen (secondary N) is 1. The second kappa shape index (κ2) is 33.3. The number of phosphoric ester groups is 2. The fraction of sp³-hybridized carbons (Fsp3) is 0.586. The number of aromatic hydroxyl groups is 1. The van der Waals surface area contributed by atoms with Gasteiger partial charge in [0.05, 0.1) is 61.6 Å². The van der Waals surface area contributed by atoms with E-state index in [1.54, 1.807) is 40.7 Å². The third-order valence-corrected chi connectivity index (χ3v) is 24.6. The molecule has 7 aliphatic rings. The molecule has 19 atom stereocenters. The second-order valence-electron chi connectivity index (χ2n) is 30.9. The topological polar surface area (TPSA) is 657 Å². The number of aliphatic hydroxyl groups excluding tert-OH is 3. The molecule has 0 spiro atoms. The van der Waals surface area contributed by atoms with Crippen molar-refractivity contribution in [1.82, 2.24) is 34.4 Å². The normalized spacial score (nSPS) is 33.1. The van der Waals surface area contributed by atoms with Crippen LogP contribution in [0.15, 0.2) is 86.5 Å². The molecular formula is C70H95CoN18O21P2-5. The summed E-state index contributed by atoms with van der Waals surface area (Å²) >= 11 is 0. The monoisotopic (exact) mass is 1640 g/mol. The Morgan fingerprint density at radius 2 is 1.36 bits per heavy atom. The number of phosphoric acid groups is 2. The van der Waals surface area contributed by atoms with Crippen molar-refractivity contribution in [2.24, 2.45) is 94.7 Å². The first-order valence-corrected chi connectivity index (χ1v) is 38.8. The molecule has 7 amide bonds. The minimum Gasteiger partial charge on any atom is -0.790 e. The summed E-state index contributed by atoms with van der Waals surface area (Å²) in [5, 5.41) is 49.2. The van der Waals surface area contributed by atoms with Crippen LogP contribution in [0.5, 0.6) is 5.75 Å². The summed E-state index contributed by atoms with van der Waals surface area (Å²) in [7, 11) is -11.2. The summed E-state index contributed by atoms with van der Waals surface area (Å²) in [4.78, 5) is 163. The van der Waals surface area contributed by atoms with Crippen molar-refractivity contribution in [3.63, 3.8) is 0 Å². The number of nitrogens with two attached hydrogens (primary N) is 7. The van der Waals surface area contributed by atoms with Crippen molar-refractivity contribution in [3.05, 3.63) is 83.7 Å². The van der Waals surface area contributed by atoms with Gasteiger partial charge >= 0.3 is 0 Å². The van der Waals surface area contributed by atoms with Crippen molar-refractivity contribution in [2.75, 3.05) is 18.9 Å². The molecule has 39 nitrogen and oxygen atoms in total. The van der Waals surface area contributed by atoms with Gasteiger partial charge < -0.3 is 125 Å². The minimum absolute atomic E-state index is 0. The van der Waals surface area contributed by atoms with Crippen LogP contribution < -0.4 is 60.1 Å². The van der Waals surface area contributed by atoms with E-state index in [0.29, 0.717) is 56.5 Å². The van der Waals surface area contributed by atoms with Crippen molar-refractivity contribution >= 4 is 102 Å². The van der Waals surface area contributed by atoms with Gasteiger partial charge in [0.15, 0.2) is 23.9 Å². The number of benzene rings is 1. The molecule has 10 heterocycles. The SMILES string of the molecule is C/C1=C2/[N-][C@H]([C@H](CC(N)=O)[C@@]2(C)CCC(=O)NC[C@@H](C)OP(=O)([O-])O[C@H]2[C@@H](O)[C@@H](n3cnc4cc(O)ccc43)O[C@@H]2COP(=O)([O-])[O-])[C@]2(C)N=C(/C(C)=C3N=C(/C=C4N=C1[C@@H](CCC(N)=O)C\4(C)C)[C@@H](CCC(N)=O)[C@]\3(C)CC(N)=O)[C@@H](CCC(N)=O)[C@]2(C)CC(N)=O.[CH2-][C@H]1O[C@@H](n2cnc3c(N)ncnc32)[C@H](O)[C@@H]1O.[Co]. The Kier molecular flexibility index (Phi) is 26.0. The van der Waals surface area contributed by atoms with Gasteiger partial charge in [0.25, 0.3) is 7.82 Å². The Balaban J connectivity index is 0.000000657. The van der Waals surface area contributed by atoms with E-state index in [1.807, 2.05) is 20.8 Å². The molecule has 0 aliphatic carbocycles. The summed E-state index contributed by atoms with van der Waals surface area (Å²) in [6.07, 6.45) is -7.89. The number of phenols is 1. The maximum absolute atomic E-state index is 14.4. The predicted molar refractivity (Wildman–Crippen MR) is 391 cm³/mol. The van der Waals surface area contributed by atoms with Crippen molar-refractivity contribution in [1.29, 1.82) is 0 Å². The van der Waals surface area contributed by atoms with Gasteiger partial charge in [-0.05, 0) is 100 Å². The number of rotatable bonds is 29. The fourth-order valence-electron chi connectivity index (χ4n) is 17.2. The quantitative estimate of drug-likeness (QED) is 0.0254. The van der Waals surface area contributed by atoms with Gasteiger partial charge in [-0.2, -0.15) is 5.70 Å². The zero-order valence-electron chi connectivity index (χ0n) is 63.0. The van der Waals surface area contributed by atoms with E-state index in [0.717, 1.165) is 0 Å². The van der Waals surface area contributed by atoms with Gasteiger partial charge in [0.2, 0.25) is 41.4 Å². The van der Waals surface area contributed by atoms with Crippen LogP contribution in [-0.2, 0) is 82.5 Å². The largest absolute Gasteiger partial charge is 0.790 e. The van der Waals surface area contributed by atoms with E-state index in [-0.39, 0.29) is 110 Å². The van der Waals surface area contributed by atoms with Crippen LogP contribution in [0.25, 0.3) is 27.5 Å². The summed E-state index contributed by atoms with van der Waals surface area (Å²) in [6.45, 7) is 17.9. The number of aliphatic imine (C=N–C) groups is 3. The van der Waals surface area contributed by atoms with Crippen molar-refractivity contribution < 1.29 is 118 Å². The Hall–Kier alpha value is -8.31. The van der Waals surface area contributed by atoms with E-state index in [4.69, 9.17) is 79.0 Å². The van der Waals surface area contributed by atoms with E-state index in [9.17, 15) is 77.8 Å². The molecule has 42 heteroatoms. The maximum Gasteiger partial charge on any atom is 0.268 e. The Bertz CT molecular complexity index is 4680. The van der Waals surface area contributed by atoms with E-state index >= 15 is 0 Å². The molecule has 615 valence electrons. The van der Waals surface area contributed by atoms with Gasteiger partial charge in [-0.25, -0.2) is 19.9 Å². The Morgan fingerprint density at radius 3 is 1.96 bits per heavy atom. The minimum atomic E-state index is -5.68. The molecule has 112 heavy (non-hydrogen) atoms. The smallest absolute Gasteiger partial charge is 0.268 e. The van der Waals surface area contributed by atoms with Gasteiger partial charge in [-0.3, -0.25) is 57.7 Å². The molecule has 3 fully saturated rings. The van der Waals surface area contributed by atoms with Crippen LogP contribution in [0.3, 0.4) is 0 Å². The molecule has 3 saturated heterocycles. The van der Waals surface area contributed by atoms with Crippen LogP contribution in [-0.4, -0.2) is 175 Å². The first-order chi connectivity index (χ1) is 51.7.